The molecular formula is C12H16ClIO8. The molecule has 0 saturated carbocycles. The van der Waals surface area contributed by atoms with Crippen LogP contribution in [0.5, 0.6) is 0 Å². The van der Waals surface area contributed by atoms with Crippen molar-refractivity contribution in [2.75, 3.05) is 6.61 Å². The van der Waals surface area contributed by atoms with Crippen LogP contribution in [0.2, 0.25) is 0 Å². The zero-order valence-electron chi connectivity index (χ0n) is 12.1. The number of halogens is 2. The van der Waals surface area contributed by atoms with E-state index in [1.807, 2.05) is 0 Å². The van der Waals surface area contributed by atoms with E-state index in [0.29, 0.717) is 0 Å². The van der Waals surface area contributed by atoms with Gasteiger partial charge in [0, 0.05) is 20.8 Å². The summed E-state index contributed by atoms with van der Waals surface area (Å²) in [5.74, 6) is -1.93. The van der Waals surface area contributed by atoms with Crippen molar-refractivity contribution in [2.45, 2.75) is 48.3 Å². The quantitative estimate of drug-likeness (QED) is 0.286. The molecule has 1 aliphatic heterocycles. The lowest BCUT2D eigenvalue weighted by Gasteiger charge is -2.45. The maximum atomic E-state index is 11.3. The first-order valence-electron chi connectivity index (χ1n) is 6.24. The molecule has 2 unspecified atom stereocenters. The lowest BCUT2D eigenvalue weighted by Crippen LogP contribution is -2.63. The number of alkyl halides is 2. The van der Waals surface area contributed by atoms with Gasteiger partial charge in [-0.05, 0) is 0 Å². The molecular weight excluding hydrogens is 434 g/mol. The van der Waals surface area contributed by atoms with Gasteiger partial charge in [0.25, 0.3) is 0 Å². The Balaban J connectivity index is 3.07. The Hall–Kier alpha value is -0.650. The largest absolute Gasteiger partial charge is 0.463 e. The van der Waals surface area contributed by atoms with Crippen molar-refractivity contribution in [3.05, 3.63) is 0 Å². The van der Waals surface area contributed by atoms with Gasteiger partial charge in [-0.3, -0.25) is 14.4 Å². The second-order valence-corrected chi connectivity index (χ2v) is 7.66. The third-order valence-electron chi connectivity index (χ3n) is 2.72. The van der Waals surface area contributed by atoms with E-state index < -0.39 is 45.4 Å². The molecule has 0 amide bonds. The van der Waals surface area contributed by atoms with Crippen molar-refractivity contribution < 1.29 is 38.4 Å². The third-order valence-corrected chi connectivity index (χ3v) is 4.27. The summed E-state index contributed by atoms with van der Waals surface area (Å²) in [4.78, 5) is 33.5. The van der Waals surface area contributed by atoms with Crippen LogP contribution in [0.25, 0.3) is 0 Å². The molecule has 1 rings (SSSR count). The lowest BCUT2D eigenvalue weighted by molar-refractivity contribution is -0.253. The number of rotatable bonds is 4. The average molecular weight is 451 g/mol. The molecule has 5 atom stereocenters. The van der Waals surface area contributed by atoms with E-state index in [1.54, 1.807) is 22.6 Å². The SMILES string of the molecule is CC(=O)OC[C@H]1OC(O)C(Cl)(I)[C@@H](OC(C)=O)[C@@H]1OC(C)=O. The molecule has 0 aromatic carbocycles. The van der Waals surface area contributed by atoms with E-state index >= 15 is 0 Å². The fourth-order valence-electron chi connectivity index (χ4n) is 1.88. The Kier molecular flexibility index (Phi) is 6.84. The average Bonchev–Trinajstić information content (AvgIpc) is 2.36. The van der Waals surface area contributed by atoms with Crippen molar-refractivity contribution in [3.63, 3.8) is 0 Å². The summed E-state index contributed by atoms with van der Waals surface area (Å²) >= 11 is 7.81. The van der Waals surface area contributed by atoms with Gasteiger partial charge < -0.3 is 24.1 Å². The highest BCUT2D eigenvalue weighted by Gasteiger charge is 2.57. The van der Waals surface area contributed by atoms with Gasteiger partial charge in [0.2, 0.25) is 0 Å². The molecule has 8 nitrogen and oxygen atoms in total. The van der Waals surface area contributed by atoms with Gasteiger partial charge in [-0.15, -0.1) is 0 Å². The highest BCUT2D eigenvalue weighted by molar-refractivity contribution is 14.1. The smallest absolute Gasteiger partial charge is 0.303 e. The van der Waals surface area contributed by atoms with Gasteiger partial charge in [0.15, 0.2) is 21.4 Å². The topological polar surface area (TPSA) is 108 Å². The minimum absolute atomic E-state index is 0.300. The van der Waals surface area contributed by atoms with Gasteiger partial charge in [-0.2, -0.15) is 0 Å². The summed E-state index contributed by atoms with van der Waals surface area (Å²) in [5, 5.41) is 9.97. The minimum atomic E-state index is -1.57. The van der Waals surface area contributed by atoms with Crippen LogP contribution in [0.1, 0.15) is 20.8 Å². The van der Waals surface area contributed by atoms with E-state index in [-0.39, 0.29) is 6.61 Å². The van der Waals surface area contributed by atoms with Crippen molar-refractivity contribution in [1.82, 2.24) is 0 Å². The van der Waals surface area contributed by atoms with E-state index in [0.717, 1.165) is 13.8 Å². The van der Waals surface area contributed by atoms with Crippen molar-refractivity contribution in [2.24, 2.45) is 0 Å². The number of ether oxygens (including phenoxy) is 4. The van der Waals surface area contributed by atoms with E-state index in [2.05, 4.69) is 0 Å². The van der Waals surface area contributed by atoms with Gasteiger partial charge >= 0.3 is 17.9 Å². The maximum absolute atomic E-state index is 11.3. The molecule has 22 heavy (non-hydrogen) atoms. The van der Waals surface area contributed by atoms with Crippen LogP contribution < -0.4 is 0 Å². The molecule has 126 valence electrons. The van der Waals surface area contributed by atoms with E-state index in [9.17, 15) is 19.5 Å². The number of hydrogen-bond donors (Lipinski definition) is 1. The molecule has 1 N–H and O–H groups in total. The summed E-state index contributed by atoms with van der Waals surface area (Å²) in [6.07, 6.45) is -4.90. The predicted octanol–water partition coefficient (Wildman–Crippen LogP) is 0.500. The van der Waals surface area contributed by atoms with Crippen LogP contribution in [0, 0.1) is 0 Å². The van der Waals surface area contributed by atoms with Gasteiger partial charge in [0.1, 0.15) is 12.7 Å². The summed E-state index contributed by atoms with van der Waals surface area (Å²) < 4.78 is 18.7. The van der Waals surface area contributed by atoms with Crippen LogP contribution in [-0.2, 0) is 33.3 Å². The maximum Gasteiger partial charge on any atom is 0.303 e. The van der Waals surface area contributed by atoms with Gasteiger partial charge in [-0.25, -0.2) is 0 Å². The fourth-order valence-corrected chi connectivity index (χ4v) is 2.72. The molecule has 0 bridgehead atoms. The molecule has 0 aromatic heterocycles. The summed E-state index contributed by atoms with van der Waals surface area (Å²) in [6, 6.07) is 0. The molecule has 10 heteroatoms. The first-order chi connectivity index (χ1) is 10.1. The highest BCUT2D eigenvalue weighted by atomic mass is 127. The first-order valence-corrected chi connectivity index (χ1v) is 7.70. The van der Waals surface area contributed by atoms with Gasteiger partial charge in [-0.1, -0.05) is 34.2 Å². The van der Waals surface area contributed by atoms with Crippen LogP contribution in [0.4, 0.5) is 0 Å². The standard InChI is InChI=1S/C12H16ClIO8/c1-5(15)19-4-8-9(20-6(2)16)10(21-7(3)17)12(13,14)11(18)22-8/h8-11,18H,4H2,1-3H3/t8-,9-,10+,11?,12?/m1/s1. The summed E-state index contributed by atoms with van der Waals surface area (Å²) in [7, 11) is 0. The predicted molar refractivity (Wildman–Crippen MR) is 81.2 cm³/mol. The molecule has 1 heterocycles. The zero-order chi connectivity index (χ0) is 17.1. The third kappa shape index (κ3) is 4.93. The number of hydrogen-bond acceptors (Lipinski definition) is 8. The monoisotopic (exact) mass is 450 g/mol. The number of carbonyl (C=O) groups is 3. The Bertz CT molecular complexity index is 454. The second-order valence-electron chi connectivity index (χ2n) is 4.61. The molecule has 0 aliphatic carbocycles. The van der Waals surface area contributed by atoms with Crippen molar-refractivity contribution in [3.8, 4) is 0 Å². The Morgan fingerprint density at radius 1 is 1.18 bits per heavy atom. The molecule has 0 aromatic rings. The Labute approximate surface area is 145 Å². The van der Waals surface area contributed by atoms with Crippen molar-refractivity contribution >= 4 is 52.1 Å². The number of aliphatic hydroxyl groups excluding tert-OH is 1. The Morgan fingerprint density at radius 3 is 2.18 bits per heavy atom. The second kappa shape index (κ2) is 7.75. The normalized spacial score (nSPS) is 34.6. The Morgan fingerprint density at radius 2 is 1.73 bits per heavy atom. The lowest BCUT2D eigenvalue weighted by atomic mass is 10.0. The van der Waals surface area contributed by atoms with Crippen molar-refractivity contribution in [1.29, 1.82) is 0 Å². The molecule has 1 aliphatic rings. The molecule has 0 spiro atoms. The minimum Gasteiger partial charge on any atom is -0.463 e. The van der Waals surface area contributed by atoms with E-state index in [4.69, 9.17) is 30.5 Å². The van der Waals surface area contributed by atoms with Gasteiger partial charge in [0.05, 0.1) is 0 Å². The summed E-state index contributed by atoms with van der Waals surface area (Å²) in [5.41, 5.74) is 0. The summed E-state index contributed by atoms with van der Waals surface area (Å²) in [6.45, 7) is 3.19. The fraction of sp³-hybridized carbons (Fsp3) is 0.750. The number of aliphatic hydroxyl groups is 1. The molecule has 1 fully saturated rings. The van der Waals surface area contributed by atoms with Crippen LogP contribution >= 0.6 is 34.2 Å². The van der Waals surface area contributed by atoms with E-state index in [1.165, 1.54) is 6.92 Å². The number of esters is 3. The highest BCUT2D eigenvalue weighted by Crippen LogP contribution is 2.43. The van der Waals surface area contributed by atoms with Crippen LogP contribution in [-0.4, -0.2) is 57.1 Å². The number of carbonyl (C=O) groups excluding carboxylic acids is 3. The van der Waals surface area contributed by atoms with Crippen LogP contribution in [0.15, 0.2) is 0 Å². The molecule has 0 radical (unpaired) electrons. The zero-order valence-corrected chi connectivity index (χ0v) is 15.0. The van der Waals surface area contributed by atoms with Crippen LogP contribution in [0.3, 0.4) is 0 Å². The molecule has 1 saturated heterocycles. The first kappa shape index (κ1) is 19.4.